The lowest BCUT2D eigenvalue weighted by Gasteiger charge is -2.15. The van der Waals surface area contributed by atoms with E-state index in [1.807, 2.05) is 36.7 Å². The van der Waals surface area contributed by atoms with Gasteiger partial charge in [0, 0.05) is 55.9 Å². The molecule has 5 nitrogen and oxygen atoms in total. The molecule has 0 saturated carbocycles. The summed E-state index contributed by atoms with van der Waals surface area (Å²) in [7, 11) is 0. The molecule has 3 heterocycles. The predicted molar refractivity (Wildman–Crippen MR) is 131 cm³/mol. The van der Waals surface area contributed by atoms with Gasteiger partial charge in [0.25, 0.3) is 0 Å². The molecule has 162 valence electrons. The predicted octanol–water partition coefficient (Wildman–Crippen LogP) is 7.35. The van der Waals surface area contributed by atoms with E-state index in [0.29, 0.717) is 10.6 Å². The van der Waals surface area contributed by atoms with Crippen molar-refractivity contribution in [1.29, 1.82) is 0 Å². The number of aromatic nitrogens is 3. The molecule has 5 rings (SSSR count). The van der Waals surface area contributed by atoms with Gasteiger partial charge in [0.2, 0.25) is 0 Å². The molecule has 0 aliphatic heterocycles. The van der Waals surface area contributed by atoms with Crippen molar-refractivity contribution in [3.8, 4) is 22.4 Å². The highest BCUT2D eigenvalue weighted by molar-refractivity contribution is 6.35. The Hall–Kier alpha value is -3.44. The van der Waals surface area contributed by atoms with E-state index in [1.54, 1.807) is 0 Å². The minimum absolute atomic E-state index is 0.0638. The SMILES string of the molecule is CCc1cc(-c2[nH]c(C(=O)O)c(-c3c(Cl)ccc4[nH]ccc34)c2C(C)C)c2cc[nH]c2c1. The number of hydrogen-bond donors (Lipinski definition) is 4. The summed E-state index contributed by atoms with van der Waals surface area (Å²) in [5.74, 6) is -0.942. The Morgan fingerprint density at radius 2 is 1.72 bits per heavy atom. The van der Waals surface area contributed by atoms with Crippen LogP contribution in [-0.4, -0.2) is 26.0 Å². The van der Waals surface area contributed by atoms with Crippen LogP contribution in [0.1, 0.15) is 48.3 Å². The number of H-pyrrole nitrogens is 3. The van der Waals surface area contributed by atoms with E-state index in [2.05, 4.69) is 47.9 Å². The molecule has 0 spiro atoms. The zero-order valence-electron chi connectivity index (χ0n) is 18.1. The Morgan fingerprint density at radius 1 is 1.00 bits per heavy atom. The number of carboxylic acids is 1. The van der Waals surface area contributed by atoms with Crippen molar-refractivity contribution in [2.45, 2.75) is 33.1 Å². The second-order valence-electron chi connectivity index (χ2n) is 8.42. The first-order valence-corrected chi connectivity index (χ1v) is 11.1. The van der Waals surface area contributed by atoms with E-state index >= 15 is 0 Å². The van der Waals surface area contributed by atoms with Crippen LogP contribution in [0.25, 0.3) is 44.2 Å². The summed E-state index contributed by atoms with van der Waals surface area (Å²) in [5, 5.41) is 12.7. The standard InChI is InChI=1S/C26H24ClN3O2/c1-4-14-11-17(15-7-9-29-20(15)12-14)24-21(13(2)3)23(25(30-24)26(31)32)22-16-8-10-28-19(16)6-5-18(22)27/h5-13,28-30H,4H2,1-3H3,(H,31,32). The van der Waals surface area contributed by atoms with Gasteiger partial charge < -0.3 is 20.1 Å². The molecule has 0 amide bonds. The lowest BCUT2D eigenvalue weighted by Crippen LogP contribution is -2.00. The summed E-state index contributed by atoms with van der Waals surface area (Å²) in [6, 6.07) is 12.0. The van der Waals surface area contributed by atoms with Crippen LogP contribution in [0.15, 0.2) is 48.8 Å². The maximum Gasteiger partial charge on any atom is 0.352 e. The topological polar surface area (TPSA) is 84.7 Å². The number of carbonyl (C=O) groups is 1. The maximum absolute atomic E-state index is 12.4. The molecule has 2 aromatic carbocycles. The third kappa shape index (κ3) is 3.04. The highest BCUT2D eigenvalue weighted by Gasteiger charge is 2.29. The molecule has 0 unspecified atom stereocenters. The molecule has 6 heteroatoms. The van der Waals surface area contributed by atoms with Crippen LogP contribution in [0.3, 0.4) is 0 Å². The molecule has 0 radical (unpaired) electrons. The van der Waals surface area contributed by atoms with Gasteiger partial charge in [-0.2, -0.15) is 0 Å². The van der Waals surface area contributed by atoms with Crippen LogP contribution >= 0.6 is 11.6 Å². The lowest BCUT2D eigenvalue weighted by atomic mass is 9.88. The van der Waals surface area contributed by atoms with E-state index < -0.39 is 5.97 Å². The van der Waals surface area contributed by atoms with Crippen LogP contribution in [0.2, 0.25) is 5.02 Å². The van der Waals surface area contributed by atoms with Crippen molar-refractivity contribution in [3.05, 3.63) is 70.6 Å². The number of aryl methyl sites for hydroxylation is 1. The number of benzene rings is 2. The molecular formula is C26H24ClN3O2. The van der Waals surface area contributed by atoms with Gasteiger partial charge in [-0.1, -0.05) is 32.4 Å². The van der Waals surface area contributed by atoms with Crippen molar-refractivity contribution in [1.82, 2.24) is 15.0 Å². The molecule has 0 aliphatic rings. The van der Waals surface area contributed by atoms with E-state index in [0.717, 1.165) is 50.6 Å². The van der Waals surface area contributed by atoms with E-state index in [-0.39, 0.29) is 11.6 Å². The Morgan fingerprint density at radius 3 is 2.41 bits per heavy atom. The van der Waals surface area contributed by atoms with Crippen molar-refractivity contribution < 1.29 is 9.90 Å². The van der Waals surface area contributed by atoms with Gasteiger partial charge >= 0.3 is 5.97 Å². The number of fused-ring (bicyclic) bond motifs is 2. The van der Waals surface area contributed by atoms with Crippen LogP contribution in [0, 0.1) is 0 Å². The maximum atomic E-state index is 12.4. The molecule has 3 aromatic heterocycles. The number of hydrogen-bond acceptors (Lipinski definition) is 1. The van der Waals surface area contributed by atoms with Gasteiger partial charge in [0.15, 0.2) is 0 Å². The Balaban J connectivity index is 1.93. The largest absolute Gasteiger partial charge is 0.477 e. The smallest absolute Gasteiger partial charge is 0.352 e. The van der Waals surface area contributed by atoms with Gasteiger partial charge in [-0.15, -0.1) is 0 Å². The van der Waals surface area contributed by atoms with Crippen LogP contribution < -0.4 is 0 Å². The van der Waals surface area contributed by atoms with Crippen LogP contribution in [-0.2, 0) is 6.42 Å². The van der Waals surface area contributed by atoms with Crippen LogP contribution in [0.5, 0.6) is 0 Å². The van der Waals surface area contributed by atoms with Crippen molar-refractivity contribution in [2.75, 3.05) is 0 Å². The first-order valence-electron chi connectivity index (χ1n) is 10.8. The second kappa shape index (κ2) is 7.61. The summed E-state index contributed by atoms with van der Waals surface area (Å²) in [6.07, 6.45) is 4.65. The Kier molecular flexibility index (Phi) is 4.86. The number of carboxylic acid groups (broad SMARTS) is 1. The Labute approximate surface area is 190 Å². The summed E-state index contributed by atoms with van der Waals surface area (Å²) >= 11 is 6.70. The van der Waals surface area contributed by atoms with Crippen molar-refractivity contribution in [3.63, 3.8) is 0 Å². The lowest BCUT2D eigenvalue weighted by molar-refractivity contribution is 0.0692. The zero-order chi connectivity index (χ0) is 22.6. The highest BCUT2D eigenvalue weighted by Crippen LogP contribution is 2.46. The third-order valence-electron chi connectivity index (χ3n) is 6.17. The number of halogens is 1. The van der Waals surface area contributed by atoms with Crippen LogP contribution in [0.4, 0.5) is 0 Å². The fraction of sp³-hybridized carbons (Fsp3) is 0.192. The zero-order valence-corrected chi connectivity index (χ0v) is 18.9. The van der Waals surface area contributed by atoms with E-state index in [1.165, 1.54) is 5.56 Å². The fourth-order valence-electron chi connectivity index (χ4n) is 4.72. The van der Waals surface area contributed by atoms with E-state index in [4.69, 9.17) is 11.6 Å². The summed E-state index contributed by atoms with van der Waals surface area (Å²) in [4.78, 5) is 22.2. The number of aromatic carboxylic acids is 1. The fourth-order valence-corrected chi connectivity index (χ4v) is 4.98. The molecule has 4 N–H and O–H groups in total. The molecule has 5 aromatic rings. The molecule has 32 heavy (non-hydrogen) atoms. The van der Waals surface area contributed by atoms with Gasteiger partial charge in [-0.05, 0) is 59.9 Å². The molecule has 0 saturated heterocycles. The quantitative estimate of drug-likeness (QED) is 0.228. The number of aromatic amines is 3. The number of rotatable bonds is 5. The van der Waals surface area contributed by atoms with Crippen molar-refractivity contribution >= 4 is 39.4 Å². The van der Waals surface area contributed by atoms with Crippen molar-refractivity contribution in [2.24, 2.45) is 0 Å². The summed E-state index contributed by atoms with van der Waals surface area (Å²) < 4.78 is 0. The average molecular weight is 446 g/mol. The number of nitrogens with one attached hydrogen (secondary N) is 3. The molecule has 0 fully saturated rings. The van der Waals surface area contributed by atoms with Gasteiger partial charge in [-0.25, -0.2) is 4.79 Å². The molecule has 0 aliphatic carbocycles. The molecular weight excluding hydrogens is 422 g/mol. The Bertz CT molecular complexity index is 1490. The first kappa shape index (κ1) is 20.5. The minimum Gasteiger partial charge on any atom is -0.477 e. The molecule has 0 atom stereocenters. The summed E-state index contributed by atoms with van der Waals surface area (Å²) in [6.45, 7) is 6.29. The monoisotopic (exact) mass is 445 g/mol. The van der Waals surface area contributed by atoms with Gasteiger partial charge in [0.1, 0.15) is 5.69 Å². The summed E-state index contributed by atoms with van der Waals surface area (Å²) in [5.41, 5.74) is 7.47. The highest BCUT2D eigenvalue weighted by atomic mass is 35.5. The van der Waals surface area contributed by atoms with Gasteiger partial charge in [0.05, 0.1) is 5.69 Å². The normalized spacial score (nSPS) is 11.8. The minimum atomic E-state index is -1.01. The first-order chi connectivity index (χ1) is 15.4. The third-order valence-corrected chi connectivity index (χ3v) is 6.48. The van der Waals surface area contributed by atoms with E-state index in [9.17, 15) is 9.90 Å². The molecule has 0 bridgehead atoms. The van der Waals surface area contributed by atoms with Gasteiger partial charge in [-0.3, -0.25) is 0 Å². The second-order valence-corrected chi connectivity index (χ2v) is 8.83. The average Bonchev–Trinajstić information content (AvgIpc) is 3.50.